The van der Waals surface area contributed by atoms with Crippen molar-refractivity contribution in [3.05, 3.63) is 431 Å². The number of rotatable bonds is 14. The largest absolute Gasteiger partial charge is 0.309 e. The molecule has 614 valence electrons. The number of hydrogen-bond acceptors (Lipinski definition) is 9. The summed E-state index contributed by atoms with van der Waals surface area (Å²) in [5, 5.41) is 13.3. The lowest BCUT2D eigenvalue weighted by molar-refractivity contribution is 0.953. The molecule has 0 aliphatic rings. The highest BCUT2D eigenvalue weighted by Crippen LogP contribution is 2.48. The lowest BCUT2D eigenvalue weighted by atomic mass is 10.0. The second kappa shape index (κ2) is 29.7. The molecular formula is C117H71N15. The first-order chi connectivity index (χ1) is 65.4. The van der Waals surface area contributed by atoms with Crippen LogP contribution in [0.3, 0.4) is 0 Å². The zero-order valence-electron chi connectivity index (χ0n) is 70.7. The fourth-order valence-electron chi connectivity index (χ4n) is 20.2. The number of para-hydroxylation sites is 6. The molecule has 15 heteroatoms. The Balaban J connectivity index is 0.594. The van der Waals surface area contributed by atoms with Gasteiger partial charge in [0.1, 0.15) is 0 Å². The van der Waals surface area contributed by atoms with Crippen LogP contribution in [0.4, 0.5) is 0 Å². The van der Waals surface area contributed by atoms with Crippen LogP contribution >= 0.6 is 0 Å². The van der Waals surface area contributed by atoms with Crippen LogP contribution < -0.4 is 0 Å². The van der Waals surface area contributed by atoms with Gasteiger partial charge in [0, 0.05) is 115 Å². The molecule has 9 aromatic heterocycles. The van der Waals surface area contributed by atoms with Gasteiger partial charge in [-0.15, -0.1) is 0 Å². The van der Waals surface area contributed by atoms with Crippen molar-refractivity contribution in [3.63, 3.8) is 0 Å². The van der Waals surface area contributed by atoms with E-state index < -0.39 is 0 Å². The average Bonchev–Trinajstić information content (AvgIpc) is 1.55. The van der Waals surface area contributed by atoms with Crippen LogP contribution in [0.25, 0.3) is 256 Å². The summed E-state index contributed by atoms with van der Waals surface area (Å²) in [7, 11) is 0. The van der Waals surface area contributed by atoms with Crippen LogP contribution in [0.2, 0.25) is 0 Å². The third kappa shape index (κ3) is 11.8. The molecule has 0 atom stereocenters. The van der Waals surface area contributed by atoms with Crippen LogP contribution in [-0.4, -0.2) is 72.3 Å². The molecular weight excluding hydrogens is 1620 g/mol. The van der Waals surface area contributed by atoms with Crippen LogP contribution in [0.15, 0.2) is 431 Å². The van der Waals surface area contributed by atoms with Gasteiger partial charge in [0.05, 0.1) is 66.2 Å². The van der Waals surface area contributed by atoms with Gasteiger partial charge in [0.2, 0.25) is 17.8 Å². The molecule has 0 aliphatic heterocycles. The van der Waals surface area contributed by atoms with E-state index >= 15 is 0 Å². The maximum Gasteiger partial charge on any atom is 0.238 e. The van der Waals surface area contributed by atoms with E-state index in [4.69, 9.17) is 44.9 Å². The first-order valence-corrected chi connectivity index (χ1v) is 44.3. The zero-order valence-corrected chi connectivity index (χ0v) is 70.7. The van der Waals surface area contributed by atoms with Crippen LogP contribution in [0.1, 0.15) is 0 Å². The highest BCUT2D eigenvalue weighted by atomic mass is 15.2. The maximum atomic E-state index is 5.64. The number of hydrogen-bond donors (Lipinski definition) is 0. The SMILES string of the molecule is c1ccc(-c2nc(-c3ccccc3)nc(-n3c4ccccc4c4cc5c(cc43)c3ccccc3n5-c3ccc(-c4ccc5c(c4)c4cc6c7ccccc7n(-c7nc(-c8ccccc8)nc(-c8cccc(-c9ccc%10c%11c(ccc%12c%13ccccc%13n(-c%13ccccc%13)c%12%11)n(-c%11nc(-c%12ccccc%12)nc(-c%12ccccc%12)n%11)c%10c9)c8)n7)c6cc4n5-c4ccccc4)cc3)n2)cc1. The van der Waals surface area contributed by atoms with E-state index in [-0.39, 0.29) is 0 Å². The van der Waals surface area contributed by atoms with Gasteiger partial charge >= 0.3 is 0 Å². The number of nitrogens with zero attached hydrogens (tertiary/aromatic N) is 15. The number of aromatic nitrogens is 15. The molecule has 0 radical (unpaired) electrons. The van der Waals surface area contributed by atoms with Gasteiger partial charge in [-0.1, -0.05) is 315 Å². The lowest BCUT2D eigenvalue weighted by Crippen LogP contribution is -2.06. The highest BCUT2D eigenvalue weighted by Gasteiger charge is 2.29. The van der Waals surface area contributed by atoms with Crippen molar-refractivity contribution in [1.29, 1.82) is 0 Å². The molecule has 15 nitrogen and oxygen atoms in total. The Bertz CT molecular complexity index is 9250. The van der Waals surface area contributed by atoms with Crippen molar-refractivity contribution in [2.24, 2.45) is 0 Å². The molecule has 0 saturated heterocycles. The van der Waals surface area contributed by atoms with Crippen LogP contribution in [0, 0.1) is 0 Å². The molecule has 0 unspecified atom stereocenters. The topological polar surface area (TPSA) is 146 Å². The molecule has 0 spiro atoms. The Morgan fingerprint density at radius 2 is 0.417 bits per heavy atom. The predicted octanol–water partition coefficient (Wildman–Crippen LogP) is 28.2. The Morgan fingerprint density at radius 1 is 0.129 bits per heavy atom. The summed E-state index contributed by atoms with van der Waals surface area (Å²) in [6.45, 7) is 0. The molecule has 0 aliphatic carbocycles. The number of benzene rings is 18. The van der Waals surface area contributed by atoms with Crippen molar-refractivity contribution in [3.8, 4) is 125 Å². The van der Waals surface area contributed by atoms with E-state index in [2.05, 4.69) is 367 Å². The molecule has 132 heavy (non-hydrogen) atoms. The van der Waals surface area contributed by atoms with Crippen molar-refractivity contribution < 1.29 is 0 Å². The van der Waals surface area contributed by atoms with Crippen molar-refractivity contribution in [1.82, 2.24) is 72.3 Å². The summed E-state index contributed by atoms with van der Waals surface area (Å²) < 4.78 is 13.9. The van der Waals surface area contributed by atoms with E-state index in [1.807, 2.05) is 91.0 Å². The smallest absolute Gasteiger partial charge is 0.238 e. The average molecular weight is 1690 g/mol. The molecule has 27 aromatic rings. The van der Waals surface area contributed by atoms with E-state index in [1.54, 1.807) is 0 Å². The second-order valence-corrected chi connectivity index (χ2v) is 33.7. The molecule has 0 bridgehead atoms. The maximum absolute atomic E-state index is 5.64. The van der Waals surface area contributed by atoms with Gasteiger partial charge in [0.25, 0.3) is 0 Å². The fraction of sp³-hybridized carbons (Fsp3) is 0. The minimum Gasteiger partial charge on any atom is -0.309 e. The lowest BCUT2D eigenvalue weighted by Gasteiger charge is -2.13. The van der Waals surface area contributed by atoms with Gasteiger partial charge < -0.3 is 13.7 Å². The zero-order chi connectivity index (χ0) is 86.6. The van der Waals surface area contributed by atoms with Gasteiger partial charge in [-0.25, -0.2) is 15.0 Å². The Labute approximate surface area is 754 Å². The summed E-state index contributed by atoms with van der Waals surface area (Å²) in [6, 6.07) is 152. The monoisotopic (exact) mass is 1690 g/mol. The first-order valence-electron chi connectivity index (χ1n) is 44.3. The number of fused-ring (bicyclic) bond motifs is 19. The summed E-state index contributed by atoms with van der Waals surface area (Å²) in [5.74, 6) is 4.96. The van der Waals surface area contributed by atoms with E-state index in [0.29, 0.717) is 52.8 Å². The van der Waals surface area contributed by atoms with E-state index in [1.165, 1.54) is 0 Å². The minimum absolute atomic E-state index is 0.490. The van der Waals surface area contributed by atoms with E-state index in [0.717, 1.165) is 204 Å². The molecule has 9 heterocycles. The summed E-state index contributed by atoms with van der Waals surface area (Å²) in [5.41, 5.74) is 24.9. The molecule has 0 fully saturated rings. The standard InChI is InChI=1S/C117H71N15/c1-8-31-73(32-9-1)109-118-110(74-33-10-2-11-34-74)122-115(121-109)130-99-54-29-25-50-88(99)95-69-103-94(70-104(95)130)87-49-23-26-51-96(87)128(103)84-59-55-72(56-60-84)79-58-63-100-91(66-79)93-68-92-86-48-24-28-53-98(86)131(106(92)71-105(93)127(100)82-43-18-6-19-44-82)116-123-113(77-39-16-5-17-40-77)120-114(126-116)81-42-30-41-78(65-81)80-57-61-90-102(67-80)132(117-124-111(75-35-12-3-13-36-75)119-112(125-117)76-37-14-4-15-38-76)101-64-62-89-85-47-22-27-52-97(85)129(108(89)107(90)101)83-45-20-7-21-46-83/h1-71H. The molecule has 0 amide bonds. The highest BCUT2D eigenvalue weighted by molar-refractivity contribution is 6.27. The van der Waals surface area contributed by atoms with Gasteiger partial charge in [0.15, 0.2) is 34.9 Å². The van der Waals surface area contributed by atoms with E-state index in [9.17, 15) is 0 Å². The molecule has 18 aromatic carbocycles. The third-order valence-electron chi connectivity index (χ3n) is 26.2. The second-order valence-electron chi connectivity index (χ2n) is 33.7. The Hall–Kier alpha value is -18.2. The van der Waals surface area contributed by atoms with Gasteiger partial charge in [-0.3, -0.25) is 13.7 Å². The fourth-order valence-corrected chi connectivity index (χ4v) is 20.2. The summed E-state index contributed by atoms with van der Waals surface area (Å²) >= 11 is 0. The summed E-state index contributed by atoms with van der Waals surface area (Å²) in [6.07, 6.45) is 0. The predicted molar refractivity (Wildman–Crippen MR) is 536 cm³/mol. The van der Waals surface area contributed by atoms with Crippen molar-refractivity contribution >= 4 is 131 Å². The van der Waals surface area contributed by atoms with Crippen molar-refractivity contribution in [2.75, 3.05) is 0 Å². The molecule has 0 saturated carbocycles. The summed E-state index contributed by atoms with van der Waals surface area (Å²) in [4.78, 5) is 48.3. The normalized spacial score (nSPS) is 11.9. The molecule has 0 N–H and O–H groups in total. The van der Waals surface area contributed by atoms with Crippen LogP contribution in [0.5, 0.6) is 0 Å². The Kier molecular flexibility index (Phi) is 16.7. The van der Waals surface area contributed by atoms with Gasteiger partial charge in [-0.05, 0) is 138 Å². The first kappa shape index (κ1) is 74.1. The minimum atomic E-state index is 0.490. The third-order valence-corrected chi connectivity index (χ3v) is 26.2. The quantitative estimate of drug-likeness (QED) is 0.104. The van der Waals surface area contributed by atoms with Crippen molar-refractivity contribution in [2.45, 2.75) is 0 Å². The van der Waals surface area contributed by atoms with Crippen LogP contribution in [-0.2, 0) is 0 Å². The molecule has 27 rings (SSSR count). The van der Waals surface area contributed by atoms with Gasteiger partial charge in [-0.2, -0.15) is 29.9 Å². The Morgan fingerprint density at radius 3 is 0.902 bits per heavy atom.